The van der Waals surface area contributed by atoms with Gasteiger partial charge >= 0.3 is 0 Å². The van der Waals surface area contributed by atoms with Crippen LogP contribution in [0.25, 0.3) is 0 Å². The van der Waals surface area contributed by atoms with E-state index in [0.717, 1.165) is 6.07 Å². The van der Waals surface area contributed by atoms with Gasteiger partial charge in [0.15, 0.2) is 11.6 Å². The molecule has 0 saturated heterocycles. The van der Waals surface area contributed by atoms with Gasteiger partial charge in [0, 0.05) is 6.42 Å². The maximum atomic E-state index is 13.1. The minimum atomic E-state index is -2.66. The molecule has 14 heavy (non-hydrogen) atoms. The van der Waals surface area contributed by atoms with Gasteiger partial charge in [0.1, 0.15) is 0 Å². The van der Waals surface area contributed by atoms with Crippen molar-refractivity contribution < 1.29 is 17.6 Å². The number of alkyl halides is 2. The lowest BCUT2D eigenvalue weighted by Gasteiger charge is -2.08. The van der Waals surface area contributed by atoms with Gasteiger partial charge in [-0.25, -0.2) is 17.6 Å². The van der Waals surface area contributed by atoms with Crippen LogP contribution in [0.1, 0.15) is 18.1 Å². The zero-order chi connectivity index (χ0) is 10.7. The van der Waals surface area contributed by atoms with Crippen LogP contribution in [0.3, 0.4) is 0 Å². The molecule has 0 aliphatic carbocycles. The largest absolute Gasteiger partial charge is 0.242 e. The molecule has 0 saturated carbocycles. The molecule has 4 heteroatoms. The Morgan fingerprint density at radius 1 is 1.21 bits per heavy atom. The number of hydrogen-bond donors (Lipinski definition) is 0. The van der Waals surface area contributed by atoms with E-state index >= 15 is 0 Å². The molecular formula is C10H10F4. The lowest BCUT2D eigenvalue weighted by Crippen LogP contribution is -2.05. The first-order valence-electron chi connectivity index (χ1n) is 4.30. The van der Waals surface area contributed by atoms with Gasteiger partial charge in [-0.3, -0.25) is 0 Å². The molecule has 0 amide bonds. The Bertz CT molecular complexity index is 320. The second-order valence-electron chi connectivity index (χ2n) is 2.95. The third-order valence-electron chi connectivity index (χ3n) is 2.03. The highest BCUT2D eigenvalue weighted by molar-refractivity contribution is 5.30. The monoisotopic (exact) mass is 206 g/mol. The third kappa shape index (κ3) is 2.25. The van der Waals surface area contributed by atoms with Gasteiger partial charge in [0.2, 0.25) is 6.43 Å². The van der Waals surface area contributed by atoms with Crippen molar-refractivity contribution in [2.45, 2.75) is 26.2 Å². The van der Waals surface area contributed by atoms with Crippen LogP contribution in [-0.2, 0) is 12.8 Å². The van der Waals surface area contributed by atoms with Gasteiger partial charge in [-0.05, 0) is 23.6 Å². The highest BCUT2D eigenvalue weighted by atomic mass is 19.3. The van der Waals surface area contributed by atoms with Crippen LogP contribution < -0.4 is 0 Å². The maximum Gasteiger partial charge on any atom is 0.242 e. The van der Waals surface area contributed by atoms with E-state index in [1.54, 1.807) is 6.92 Å². The number of rotatable bonds is 3. The van der Waals surface area contributed by atoms with Gasteiger partial charge in [0.25, 0.3) is 0 Å². The average molecular weight is 206 g/mol. The summed E-state index contributed by atoms with van der Waals surface area (Å²) in [5, 5.41) is 0. The Balaban J connectivity index is 3.14. The standard InChI is InChI=1S/C10H10F4/c1-2-6-3-4-8(11)10(14)7(6)5-9(12)13/h3-4,9H,2,5H2,1H3. The van der Waals surface area contributed by atoms with Crippen molar-refractivity contribution in [2.24, 2.45) is 0 Å². The number of benzene rings is 1. The van der Waals surface area contributed by atoms with E-state index in [4.69, 9.17) is 0 Å². The van der Waals surface area contributed by atoms with E-state index in [-0.39, 0.29) is 5.56 Å². The third-order valence-corrected chi connectivity index (χ3v) is 2.03. The lowest BCUT2D eigenvalue weighted by molar-refractivity contribution is 0.147. The summed E-state index contributed by atoms with van der Waals surface area (Å²) in [6.07, 6.45) is -2.97. The Kier molecular flexibility index (Phi) is 3.49. The predicted molar refractivity (Wildman–Crippen MR) is 45.4 cm³/mol. The average Bonchev–Trinajstić information content (AvgIpc) is 2.13. The molecule has 0 atom stereocenters. The molecule has 0 N–H and O–H groups in total. The Labute approximate surface area is 79.6 Å². The summed E-state index contributed by atoms with van der Waals surface area (Å²) >= 11 is 0. The molecule has 0 heterocycles. The summed E-state index contributed by atoms with van der Waals surface area (Å²) in [4.78, 5) is 0. The Morgan fingerprint density at radius 2 is 1.86 bits per heavy atom. The molecule has 0 bridgehead atoms. The fourth-order valence-electron chi connectivity index (χ4n) is 1.34. The molecular weight excluding hydrogens is 196 g/mol. The number of halogens is 4. The van der Waals surface area contributed by atoms with Gasteiger partial charge in [-0.2, -0.15) is 0 Å². The van der Waals surface area contributed by atoms with Crippen LogP contribution in [0, 0.1) is 11.6 Å². The van der Waals surface area contributed by atoms with Crippen molar-refractivity contribution in [3.63, 3.8) is 0 Å². The van der Waals surface area contributed by atoms with E-state index in [0.29, 0.717) is 12.0 Å². The first-order valence-corrected chi connectivity index (χ1v) is 4.30. The molecule has 1 rings (SSSR count). The Morgan fingerprint density at radius 3 is 2.36 bits per heavy atom. The van der Waals surface area contributed by atoms with Gasteiger partial charge < -0.3 is 0 Å². The van der Waals surface area contributed by atoms with Crippen LogP contribution in [0.5, 0.6) is 0 Å². The van der Waals surface area contributed by atoms with Crippen molar-refractivity contribution in [3.05, 3.63) is 34.9 Å². The fraction of sp³-hybridized carbons (Fsp3) is 0.400. The molecule has 0 unspecified atom stereocenters. The topological polar surface area (TPSA) is 0 Å². The quantitative estimate of drug-likeness (QED) is 0.665. The summed E-state index contributed by atoms with van der Waals surface area (Å²) in [5.41, 5.74) is 0.228. The van der Waals surface area contributed by atoms with E-state index in [1.807, 2.05) is 0 Å². The summed E-state index contributed by atoms with van der Waals surface area (Å²) in [7, 11) is 0. The van der Waals surface area contributed by atoms with Crippen molar-refractivity contribution >= 4 is 0 Å². The van der Waals surface area contributed by atoms with E-state index < -0.39 is 24.5 Å². The van der Waals surface area contributed by atoms with Gasteiger partial charge in [-0.1, -0.05) is 13.0 Å². The van der Waals surface area contributed by atoms with E-state index in [2.05, 4.69) is 0 Å². The lowest BCUT2D eigenvalue weighted by atomic mass is 10.0. The maximum absolute atomic E-state index is 13.1. The molecule has 0 radical (unpaired) electrons. The summed E-state index contributed by atoms with van der Waals surface area (Å²) in [6, 6.07) is 2.30. The predicted octanol–water partition coefficient (Wildman–Crippen LogP) is 3.33. The minimum Gasteiger partial charge on any atom is -0.210 e. The van der Waals surface area contributed by atoms with Crippen LogP contribution in [-0.4, -0.2) is 6.43 Å². The molecule has 1 aromatic carbocycles. The molecule has 1 aromatic rings. The van der Waals surface area contributed by atoms with Gasteiger partial charge in [0.05, 0.1) is 0 Å². The second kappa shape index (κ2) is 4.44. The minimum absolute atomic E-state index is 0.206. The first-order chi connectivity index (χ1) is 6.56. The molecule has 0 nitrogen and oxygen atoms in total. The summed E-state index contributed by atoms with van der Waals surface area (Å²) in [5.74, 6) is -2.22. The molecule has 0 spiro atoms. The smallest absolute Gasteiger partial charge is 0.210 e. The van der Waals surface area contributed by atoms with Crippen LogP contribution in [0.2, 0.25) is 0 Å². The Hall–Kier alpha value is -1.06. The van der Waals surface area contributed by atoms with Crippen LogP contribution >= 0.6 is 0 Å². The molecule has 78 valence electrons. The molecule has 0 aromatic heterocycles. The SMILES string of the molecule is CCc1ccc(F)c(F)c1CC(F)F. The van der Waals surface area contributed by atoms with Crippen molar-refractivity contribution in [2.75, 3.05) is 0 Å². The number of hydrogen-bond acceptors (Lipinski definition) is 0. The van der Waals surface area contributed by atoms with Crippen LogP contribution in [0.4, 0.5) is 17.6 Å². The van der Waals surface area contributed by atoms with E-state index in [1.165, 1.54) is 6.07 Å². The molecule has 0 aliphatic heterocycles. The highest BCUT2D eigenvalue weighted by Gasteiger charge is 2.16. The molecule has 0 aliphatic rings. The summed E-state index contributed by atoms with van der Waals surface area (Å²) in [6.45, 7) is 1.71. The zero-order valence-corrected chi connectivity index (χ0v) is 7.66. The second-order valence-corrected chi connectivity index (χ2v) is 2.95. The first kappa shape index (κ1) is 11.0. The normalized spacial score (nSPS) is 11.0. The summed E-state index contributed by atoms with van der Waals surface area (Å²) < 4.78 is 49.9. The van der Waals surface area contributed by atoms with Crippen molar-refractivity contribution in [3.8, 4) is 0 Å². The highest BCUT2D eigenvalue weighted by Crippen LogP contribution is 2.20. The van der Waals surface area contributed by atoms with E-state index in [9.17, 15) is 17.6 Å². The fourth-order valence-corrected chi connectivity index (χ4v) is 1.34. The zero-order valence-electron chi connectivity index (χ0n) is 7.66. The van der Waals surface area contributed by atoms with Crippen LogP contribution in [0.15, 0.2) is 12.1 Å². The molecule has 0 fully saturated rings. The van der Waals surface area contributed by atoms with Crippen molar-refractivity contribution in [1.29, 1.82) is 0 Å². The number of aryl methyl sites for hydroxylation is 1. The van der Waals surface area contributed by atoms with Gasteiger partial charge in [-0.15, -0.1) is 0 Å². The van der Waals surface area contributed by atoms with Crippen molar-refractivity contribution in [1.82, 2.24) is 0 Å².